The molecule has 0 spiro atoms. The van der Waals surface area contributed by atoms with Crippen LogP contribution in [0.15, 0.2) is 0 Å². The quantitative estimate of drug-likeness (QED) is 0.724. The summed E-state index contributed by atoms with van der Waals surface area (Å²) in [4.78, 5) is 0. The van der Waals surface area contributed by atoms with Crippen molar-refractivity contribution in [1.29, 1.82) is 0 Å². The first-order valence-electron chi connectivity index (χ1n) is 6.83. The molecule has 3 heterocycles. The monoisotopic (exact) mass is 290 g/mol. The Morgan fingerprint density at radius 3 is 2.20 bits per heavy atom. The van der Waals surface area contributed by atoms with Gasteiger partial charge in [-0.15, -0.1) is 0 Å². The minimum absolute atomic E-state index is 0.230. The Morgan fingerprint density at radius 2 is 1.70 bits per heavy atom. The minimum atomic E-state index is -1.29. The minimum Gasteiger partial charge on any atom is -0.393 e. The SMILES string of the molecule is CC1(C)OCC([C@]2(CO)O[C@@H]3OC(C)(C)O[C@@H]3[C@@H]2O)O1. The second-order valence-electron chi connectivity index (χ2n) is 6.46. The van der Waals surface area contributed by atoms with Crippen molar-refractivity contribution in [3.63, 3.8) is 0 Å². The van der Waals surface area contributed by atoms with Crippen LogP contribution >= 0.6 is 0 Å². The van der Waals surface area contributed by atoms with Crippen LogP contribution in [0, 0.1) is 0 Å². The van der Waals surface area contributed by atoms with Crippen LogP contribution in [0.2, 0.25) is 0 Å². The summed E-state index contributed by atoms with van der Waals surface area (Å²) in [5, 5.41) is 20.3. The summed E-state index contributed by atoms with van der Waals surface area (Å²) in [5.41, 5.74) is -1.29. The average molecular weight is 290 g/mol. The van der Waals surface area contributed by atoms with Crippen molar-refractivity contribution in [3.8, 4) is 0 Å². The van der Waals surface area contributed by atoms with Crippen LogP contribution in [0.4, 0.5) is 0 Å². The molecule has 0 aromatic rings. The number of hydrogen-bond donors (Lipinski definition) is 2. The fourth-order valence-electron chi connectivity index (χ4n) is 3.05. The van der Waals surface area contributed by atoms with Crippen molar-refractivity contribution in [2.45, 2.75) is 69.5 Å². The van der Waals surface area contributed by atoms with Crippen molar-refractivity contribution >= 4 is 0 Å². The van der Waals surface area contributed by atoms with E-state index in [1.807, 2.05) is 0 Å². The van der Waals surface area contributed by atoms with E-state index >= 15 is 0 Å². The molecule has 3 fully saturated rings. The number of aliphatic hydroxyl groups is 2. The molecule has 3 aliphatic heterocycles. The van der Waals surface area contributed by atoms with Crippen LogP contribution in [0.1, 0.15) is 27.7 Å². The first-order chi connectivity index (χ1) is 9.19. The molecular weight excluding hydrogens is 268 g/mol. The van der Waals surface area contributed by atoms with Gasteiger partial charge in [-0.1, -0.05) is 0 Å². The van der Waals surface area contributed by atoms with Crippen molar-refractivity contribution in [2.75, 3.05) is 13.2 Å². The summed E-state index contributed by atoms with van der Waals surface area (Å²) in [6.45, 7) is 6.87. The Labute approximate surface area is 117 Å². The normalized spacial score (nSPS) is 49.5. The van der Waals surface area contributed by atoms with Gasteiger partial charge < -0.3 is 33.9 Å². The van der Waals surface area contributed by atoms with E-state index in [0.29, 0.717) is 0 Å². The summed E-state index contributed by atoms with van der Waals surface area (Å²) in [7, 11) is 0. The van der Waals surface area contributed by atoms with Crippen molar-refractivity contribution in [2.24, 2.45) is 0 Å². The van der Waals surface area contributed by atoms with E-state index in [4.69, 9.17) is 23.7 Å². The van der Waals surface area contributed by atoms with Crippen LogP contribution in [0.3, 0.4) is 0 Å². The Balaban J connectivity index is 1.82. The third kappa shape index (κ3) is 2.09. The highest BCUT2D eigenvalue weighted by Gasteiger charge is 2.66. The van der Waals surface area contributed by atoms with Crippen molar-refractivity contribution < 1.29 is 33.9 Å². The molecule has 3 aliphatic rings. The zero-order valence-corrected chi connectivity index (χ0v) is 12.2. The molecule has 0 aromatic carbocycles. The van der Waals surface area contributed by atoms with Gasteiger partial charge >= 0.3 is 0 Å². The van der Waals surface area contributed by atoms with Gasteiger partial charge in [0.25, 0.3) is 0 Å². The summed E-state index contributed by atoms with van der Waals surface area (Å²) >= 11 is 0. The van der Waals surface area contributed by atoms with Gasteiger partial charge in [-0.3, -0.25) is 0 Å². The van der Waals surface area contributed by atoms with Crippen molar-refractivity contribution in [3.05, 3.63) is 0 Å². The van der Waals surface area contributed by atoms with Gasteiger partial charge in [0.15, 0.2) is 23.5 Å². The lowest BCUT2D eigenvalue weighted by atomic mass is 9.90. The van der Waals surface area contributed by atoms with E-state index in [-0.39, 0.29) is 6.61 Å². The molecule has 7 nitrogen and oxygen atoms in total. The molecule has 0 radical (unpaired) electrons. The third-order valence-corrected chi connectivity index (χ3v) is 4.04. The number of aliphatic hydroxyl groups excluding tert-OH is 2. The number of rotatable bonds is 2. The standard InChI is InChI=1S/C13H22O7/c1-11(2)16-5-7(17-11)13(6-14)9(15)8-10(20-13)19-12(3,4)18-8/h7-10,14-15H,5-6H2,1-4H3/t7?,8-,9+,10+,13+/m1/s1. The molecule has 1 unspecified atom stereocenters. The molecule has 116 valence electrons. The highest BCUT2D eigenvalue weighted by Crippen LogP contribution is 2.46. The first-order valence-corrected chi connectivity index (χ1v) is 6.83. The third-order valence-electron chi connectivity index (χ3n) is 4.04. The van der Waals surface area contributed by atoms with Gasteiger partial charge in [0.2, 0.25) is 0 Å². The van der Waals surface area contributed by atoms with E-state index in [1.54, 1.807) is 27.7 Å². The maximum atomic E-state index is 10.5. The maximum Gasteiger partial charge on any atom is 0.190 e. The lowest BCUT2D eigenvalue weighted by Crippen LogP contribution is -2.57. The molecule has 7 heteroatoms. The molecule has 5 atom stereocenters. The van der Waals surface area contributed by atoms with Gasteiger partial charge in [0.05, 0.1) is 13.2 Å². The van der Waals surface area contributed by atoms with E-state index in [0.717, 1.165) is 0 Å². The molecular formula is C13H22O7. The van der Waals surface area contributed by atoms with Crippen LogP contribution in [0.5, 0.6) is 0 Å². The van der Waals surface area contributed by atoms with Crippen LogP contribution < -0.4 is 0 Å². The Kier molecular flexibility index (Phi) is 3.19. The Morgan fingerprint density at radius 1 is 1.00 bits per heavy atom. The zero-order chi connectivity index (χ0) is 14.8. The lowest BCUT2D eigenvalue weighted by molar-refractivity contribution is -0.272. The Bertz CT molecular complexity index is 396. The lowest BCUT2D eigenvalue weighted by Gasteiger charge is -2.36. The van der Waals surface area contributed by atoms with Gasteiger partial charge in [-0.05, 0) is 27.7 Å². The smallest absolute Gasteiger partial charge is 0.190 e. The molecule has 2 N–H and O–H groups in total. The summed E-state index contributed by atoms with van der Waals surface area (Å²) in [6.07, 6.45) is -3.01. The molecule has 3 saturated heterocycles. The molecule has 0 aromatic heterocycles. The van der Waals surface area contributed by atoms with Gasteiger partial charge in [0, 0.05) is 0 Å². The fourth-order valence-corrected chi connectivity index (χ4v) is 3.05. The van der Waals surface area contributed by atoms with Gasteiger partial charge in [0.1, 0.15) is 18.3 Å². The largest absolute Gasteiger partial charge is 0.393 e. The van der Waals surface area contributed by atoms with E-state index < -0.39 is 48.4 Å². The van der Waals surface area contributed by atoms with Crippen LogP contribution in [0.25, 0.3) is 0 Å². The number of hydrogen-bond acceptors (Lipinski definition) is 7. The highest BCUT2D eigenvalue weighted by atomic mass is 16.9. The second-order valence-corrected chi connectivity index (χ2v) is 6.46. The molecule has 0 bridgehead atoms. The topological polar surface area (TPSA) is 86.6 Å². The van der Waals surface area contributed by atoms with Crippen LogP contribution in [-0.2, 0) is 23.7 Å². The molecule has 3 rings (SSSR count). The second kappa shape index (κ2) is 4.36. The zero-order valence-electron chi connectivity index (χ0n) is 12.2. The van der Waals surface area contributed by atoms with E-state index in [9.17, 15) is 10.2 Å². The van der Waals surface area contributed by atoms with Crippen molar-refractivity contribution in [1.82, 2.24) is 0 Å². The van der Waals surface area contributed by atoms with E-state index in [2.05, 4.69) is 0 Å². The van der Waals surface area contributed by atoms with Gasteiger partial charge in [-0.2, -0.15) is 0 Å². The average Bonchev–Trinajstić information content (AvgIpc) is 2.91. The predicted molar refractivity (Wildman–Crippen MR) is 65.6 cm³/mol. The summed E-state index contributed by atoms with van der Waals surface area (Å²) in [6, 6.07) is 0. The molecule has 20 heavy (non-hydrogen) atoms. The molecule has 0 amide bonds. The summed E-state index contributed by atoms with van der Waals surface area (Å²) in [5.74, 6) is -1.58. The van der Waals surface area contributed by atoms with E-state index in [1.165, 1.54) is 0 Å². The summed E-state index contributed by atoms with van der Waals surface area (Å²) < 4.78 is 28.3. The maximum absolute atomic E-state index is 10.5. The van der Waals surface area contributed by atoms with Crippen LogP contribution in [-0.4, -0.2) is 65.2 Å². The first kappa shape index (κ1) is 14.6. The van der Waals surface area contributed by atoms with Gasteiger partial charge in [-0.25, -0.2) is 0 Å². The number of fused-ring (bicyclic) bond motifs is 1. The number of ether oxygens (including phenoxy) is 5. The fraction of sp³-hybridized carbons (Fsp3) is 1.00. The molecule has 0 aliphatic carbocycles. The Hall–Kier alpha value is -0.280. The highest BCUT2D eigenvalue weighted by molar-refractivity contribution is 5.08. The predicted octanol–water partition coefficient (Wildman–Crippen LogP) is -0.262. The molecule has 0 saturated carbocycles.